The molecule has 3 rings (SSSR count). The number of nitrogens with zero attached hydrogens (tertiary/aromatic N) is 2. The molecule has 0 radical (unpaired) electrons. The van der Waals surface area contributed by atoms with Gasteiger partial charge in [0.1, 0.15) is 4.88 Å². The first-order chi connectivity index (χ1) is 13.8. The minimum absolute atomic E-state index is 0.0277. The summed E-state index contributed by atoms with van der Waals surface area (Å²) in [5.74, 6) is -1.18. The van der Waals surface area contributed by atoms with Gasteiger partial charge in [-0.1, -0.05) is 6.07 Å². The molecule has 11 heteroatoms. The maximum Gasteiger partial charge on any atom is 0.349 e. The molecule has 0 bridgehead atoms. The number of rotatable bonds is 7. The van der Waals surface area contributed by atoms with Crippen LogP contribution >= 0.6 is 11.3 Å². The van der Waals surface area contributed by atoms with Crippen LogP contribution < -0.4 is 10.0 Å². The molecule has 9 nitrogen and oxygen atoms in total. The predicted molar refractivity (Wildman–Crippen MR) is 107 cm³/mol. The number of amides is 1. The van der Waals surface area contributed by atoms with Crippen molar-refractivity contribution in [3.63, 3.8) is 0 Å². The molecule has 0 aliphatic rings. The highest BCUT2D eigenvalue weighted by Crippen LogP contribution is 2.17. The fraction of sp³-hybridized carbons (Fsp3) is 0.111. The minimum Gasteiger partial charge on any atom is -0.448 e. The molecular weight excluding hydrogens is 416 g/mol. The molecule has 2 N–H and O–H groups in total. The largest absolute Gasteiger partial charge is 0.448 e. The molecule has 0 spiro atoms. The highest BCUT2D eigenvalue weighted by atomic mass is 32.2. The fourth-order valence-corrected chi connectivity index (χ4v) is 3.72. The standard InChI is InChI=1S/C18H16N4O5S2/c1-12(27-17(24)15-4-2-11-28-15)16(23)21-13-5-7-14(8-6-13)29(25,26)22-18-19-9-3-10-20-18/h2-12H,1H3,(H,21,23)(H,19,20,22). The molecule has 0 saturated heterocycles. The second-order valence-corrected chi connectivity index (χ2v) is 8.35. The van der Waals surface area contributed by atoms with Gasteiger partial charge in [0.2, 0.25) is 5.95 Å². The number of aromatic nitrogens is 2. The first kappa shape index (κ1) is 20.4. The molecule has 3 aromatic rings. The van der Waals surface area contributed by atoms with Crippen LogP contribution in [0.1, 0.15) is 16.6 Å². The summed E-state index contributed by atoms with van der Waals surface area (Å²) in [5, 5.41) is 4.30. The first-order valence-corrected chi connectivity index (χ1v) is 10.7. The van der Waals surface area contributed by atoms with Crippen LogP contribution in [0.15, 0.2) is 65.1 Å². The van der Waals surface area contributed by atoms with Gasteiger partial charge >= 0.3 is 5.97 Å². The van der Waals surface area contributed by atoms with Crippen molar-refractivity contribution in [2.24, 2.45) is 0 Å². The molecule has 1 unspecified atom stereocenters. The SMILES string of the molecule is CC(OC(=O)c1cccs1)C(=O)Nc1ccc(S(=O)(=O)Nc2ncccn2)cc1. The van der Waals surface area contributed by atoms with Crippen molar-refractivity contribution in [1.29, 1.82) is 0 Å². The molecule has 1 atom stereocenters. The third-order valence-electron chi connectivity index (χ3n) is 3.60. The van der Waals surface area contributed by atoms with Crippen LogP contribution in [-0.4, -0.2) is 36.4 Å². The minimum atomic E-state index is -3.87. The number of ether oxygens (including phenoxy) is 1. The van der Waals surface area contributed by atoms with E-state index in [2.05, 4.69) is 20.0 Å². The smallest absolute Gasteiger partial charge is 0.349 e. The van der Waals surface area contributed by atoms with Crippen molar-refractivity contribution in [3.8, 4) is 0 Å². The van der Waals surface area contributed by atoms with Crippen LogP contribution in [0.2, 0.25) is 0 Å². The zero-order chi connectivity index (χ0) is 20.9. The molecule has 0 aliphatic heterocycles. The van der Waals surface area contributed by atoms with Crippen LogP contribution in [0.4, 0.5) is 11.6 Å². The van der Waals surface area contributed by atoms with Gasteiger partial charge in [0.25, 0.3) is 15.9 Å². The average Bonchev–Trinajstić information content (AvgIpc) is 3.24. The van der Waals surface area contributed by atoms with E-state index in [-0.39, 0.29) is 10.8 Å². The van der Waals surface area contributed by atoms with Crippen molar-refractivity contribution in [1.82, 2.24) is 9.97 Å². The van der Waals surface area contributed by atoms with Crippen molar-refractivity contribution >= 4 is 44.9 Å². The van der Waals surface area contributed by atoms with Crippen molar-refractivity contribution < 1.29 is 22.7 Å². The van der Waals surface area contributed by atoms with E-state index in [9.17, 15) is 18.0 Å². The van der Waals surface area contributed by atoms with Crippen LogP contribution in [-0.2, 0) is 19.6 Å². The molecule has 150 valence electrons. The number of esters is 1. The van der Waals surface area contributed by atoms with Gasteiger partial charge in [-0.3, -0.25) is 4.79 Å². The number of sulfonamides is 1. The molecule has 2 aromatic heterocycles. The number of carbonyl (C=O) groups excluding carboxylic acids is 2. The Bertz CT molecular complexity index is 1090. The summed E-state index contributed by atoms with van der Waals surface area (Å²) in [4.78, 5) is 32.1. The number of anilines is 2. The molecule has 29 heavy (non-hydrogen) atoms. The lowest BCUT2D eigenvalue weighted by Crippen LogP contribution is -2.29. The number of hydrogen-bond acceptors (Lipinski definition) is 8. The second-order valence-electron chi connectivity index (χ2n) is 5.72. The second kappa shape index (κ2) is 8.80. The Morgan fingerprint density at radius 2 is 1.76 bits per heavy atom. The number of thiophene rings is 1. The van der Waals surface area contributed by atoms with Crippen molar-refractivity contribution in [3.05, 3.63) is 65.1 Å². The van der Waals surface area contributed by atoms with E-state index in [1.807, 2.05) is 0 Å². The van der Waals surface area contributed by atoms with Gasteiger partial charge in [-0.15, -0.1) is 11.3 Å². The summed E-state index contributed by atoms with van der Waals surface area (Å²) in [7, 11) is -3.87. The van der Waals surface area contributed by atoms with Gasteiger partial charge in [0.15, 0.2) is 6.10 Å². The lowest BCUT2D eigenvalue weighted by Gasteiger charge is -2.13. The zero-order valence-corrected chi connectivity index (χ0v) is 16.7. The Kier molecular flexibility index (Phi) is 6.20. The highest BCUT2D eigenvalue weighted by molar-refractivity contribution is 7.92. The van der Waals surface area contributed by atoms with E-state index in [0.717, 1.165) is 0 Å². The van der Waals surface area contributed by atoms with E-state index < -0.39 is 28.0 Å². The molecule has 2 heterocycles. The van der Waals surface area contributed by atoms with Gasteiger partial charge in [-0.05, 0) is 48.7 Å². The number of benzene rings is 1. The molecule has 0 fully saturated rings. The third kappa shape index (κ3) is 5.36. The summed E-state index contributed by atoms with van der Waals surface area (Å²) in [6.07, 6.45) is 1.80. The quantitative estimate of drug-likeness (QED) is 0.549. The van der Waals surface area contributed by atoms with Gasteiger partial charge in [-0.2, -0.15) is 0 Å². The zero-order valence-electron chi connectivity index (χ0n) is 15.1. The average molecular weight is 432 g/mol. The number of hydrogen-bond donors (Lipinski definition) is 2. The summed E-state index contributed by atoms with van der Waals surface area (Å²) >= 11 is 1.22. The van der Waals surface area contributed by atoms with Gasteiger partial charge in [0.05, 0.1) is 4.90 Å². The Balaban J connectivity index is 1.61. The van der Waals surface area contributed by atoms with E-state index in [4.69, 9.17) is 4.74 Å². The van der Waals surface area contributed by atoms with Crippen LogP contribution in [0.5, 0.6) is 0 Å². The Morgan fingerprint density at radius 3 is 2.38 bits per heavy atom. The first-order valence-electron chi connectivity index (χ1n) is 8.30. The van der Waals surface area contributed by atoms with Gasteiger partial charge in [0, 0.05) is 18.1 Å². The Hall–Kier alpha value is -3.31. The van der Waals surface area contributed by atoms with E-state index in [1.165, 1.54) is 54.9 Å². The van der Waals surface area contributed by atoms with E-state index in [0.29, 0.717) is 10.6 Å². The summed E-state index contributed by atoms with van der Waals surface area (Å²) in [6, 6.07) is 10.4. The van der Waals surface area contributed by atoms with Crippen molar-refractivity contribution in [2.75, 3.05) is 10.0 Å². The summed E-state index contributed by atoms with van der Waals surface area (Å²) in [5.41, 5.74) is 0.351. The third-order valence-corrected chi connectivity index (χ3v) is 5.79. The summed E-state index contributed by atoms with van der Waals surface area (Å²) < 4.78 is 32.1. The van der Waals surface area contributed by atoms with E-state index in [1.54, 1.807) is 23.6 Å². The Labute approximate surface area is 170 Å². The molecular formula is C18H16N4O5S2. The van der Waals surface area contributed by atoms with Crippen molar-refractivity contribution in [2.45, 2.75) is 17.9 Å². The topological polar surface area (TPSA) is 127 Å². The van der Waals surface area contributed by atoms with Crippen LogP contribution in [0.25, 0.3) is 0 Å². The molecule has 1 amide bonds. The molecule has 0 saturated carbocycles. The fourth-order valence-electron chi connectivity index (χ4n) is 2.16. The molecule has 1 aromatic carbocycles. The van der Waals surface area contributed by atoms with Gasteiger partial charge in [-0.25, -0.2) is 27.9 Å². The predicted octanol–water partition coefficient (Wildman–Crippen LogP) is 2.52. The van der Waals surface area contributed by atoms with Crippen LogP contribution in [0, 0.1) is 0 Å². The highest BCUT2D eigenvalue weighted by Gasteiger charge is 2.20. The molecule has 0 aliphatic carbocycles. The maximum absolute atomic E-state index is 12.3. The monoisotopic (exact) mass is 432 g/mol. The number of nitrogens with one attached hydrogen (secondary N) is 2. The van der Waals surface area contributed by atoms with E-state index >= 15 is 0 Å². The van der Waals surface area contributed by atoms with Gasteiger partial charge < -0.3 is 10.1 Å². The lowest BCUT2D eigenvalue weighted by molar-refractivity contribution is -0.123. The van der Waals surface area contributed by atoms with Crippen LogP contribution in [0.3, 0.4) is 0 Å². The Morgan fingerprint density at radius 1 is 1.07 bits per heavy atom. The lowest BCUT2D eigenvalue weighted by atomic mass is 10.3. The normalized spacial score (nSPS) is 12.0. The summed E-state index contributed by atoms with van der Waals surface area (Å²) in [6.45, 7) is 1.45. The maximum atomic E-state index is 12.3. The number of carbonyl (C=O) groups is 2.